The van der Waals surface area contributed by atoms with Crippen LogP contribution in [-0.2, 0) is 31.3 Å². The fourth-order valence-electron chi connectivity index (χ4n) is 4.27. The molecule has 2 atom stereocenters. The van der Waals surface area contributed by atoms with E-state index in [4.69, 9.17) is 23.2 Å². The zero-order valence-electron chi connectivity index (χ0n) is 19.0. The zero-order valence-corrected chi connectivity index (χ0v) is 22.1. The molecule has 1 aromatic heterocycles. The van der Waals surface area contributed by atoms with Gasteiger partial charge >= 0.3 is 0 Å². The minimum Gasteiger partial charge on any atom is -0.341 e. The predicted octanol–water partition coefficient (Wildman–Crippen LogP) is 4.02. The van der Waals surface area contributed by atoms with Crippen molar-refractivity contribution in [2.45, 2.75) is 29.0 Å². The van der Waals surface area contributed by atoms with Crippen molar-refractivity contribution in [1.29, 1.82) is 0 Å². The summed E-state index contributed by atoms with van der Waals surface area (Å²) in [7, 11) is -7.95. The maximum absolute atomic E-state index is 13.4. The number of H-pyrrole nitrogens is 1. The Labute approximate surface area is 223 Å². The van der Waals surface area contributed by atoms with E-state index in [-0.39, 0.29) is 27.8 Å². The van der Waals surface area contributed by atoms with Gasteiger partial charge in [0.25, 0.3) is 0 Å². The number of carbonyl (C=O) groups excluding carboxylic acids is 1. The first-order chi connectivity index (χ1) is 17.5. The molecule has 3 aromatic carbocycles. The molecule has 5 rings (SSSR count). The molecule has 0 aliphatic carbocycles. The molecule has 13 heteroatoms. The first-order valence-corrected chi connectivity index (χ1v) is 14.9. The zero-order chi connectivity index (χ0) is 26.4. The Morgan fingerprint density at radius 2 is 1.68 bits per heavy atom. The van der Waals surface area contributed by atoms with Crippen molar-refractivity contribution in [2.75, 3.05) is 0 Å². The molecule has 1 amide bonds. The first-order valence-electron chi connectivity index (χ1n) is 11.1. The summed E-state index contributed by atoms with van der Waals surface area (Å²) in [5.41, 5.74) is 2.57. The highest BCUT2D eigenvalue weighted by atomic mass is 35.5. The molecular weight excluding hydrogens is 559 g/mol. The number of imidazole rings is 1. The number of carbonyl (C=O) groups is 1. The molecule has 0 radical (unpaired) electrons. The van der Waals surface area contributed by atoms with Gasteiger partial charge in [-0.2, -0.15) is 0 Å². The van der Waals surface area contributed by atoms with Gasteiger partial charge in [-0.3, -0.25) is 9.52 Å². The second-order valence-corrected chi connectivity index (χ2v) is 12.9. The van der Waals surface area contributed by atoms with Crippen LogP contribution in [0.1, 0.15) is 34.7 Å². The van der Waals surface area contributed by atoms with E-state index in [1.807, 2.05) is 22.9 Å². The van der Waals surface area contributed by atoms with Crippen LogP contribution in [0.2, 0.25) is 10.0 Å². The number of nitrogens with one attached hydrogen (secondary N) is 3. The summed E-state index contributed by atoms with van der Waals surface area (Å²) < 4.78 is 55.8. The predicted molar refractivity (Wildman–Crippen MR) is 140 cm³/mol. The van der Waals surface area contributed by atoms with E-state index in [1.54, 1.807) is 36.4 Å². The molecule has 0 spiro atoms. The highest BCUT2D eigenvalue weighted by Gasteiger charge is 2.37. The van der Waals surface area contributed by atoms with Gasteiger partial charge in [-0.25, -0.2) is 26.5 Å². The molecular formula is C24H20Cl2N4O5S2. The Morgan fingerprint density at radius 3 is 2.30 bits per heavy atom. The lowest BCUT2D eigenvalue weighted by Gasteiger charge is -2.19. The Balaban J connectivity index is 1.49. The van der Waals surface area contributed by atoms with E-state index < -0.39 is 37.2 Å². The minimum atomic E-state index is -4.17. The van der Waals surface area contributed by atoms with Crippen LogP contribution < -0.4 is 9.44 Å². The summed E-state index contributed by atoms with van der Waals surface area (Å²) in [6, 6.07) is 17.5. The first kappa shape index (κ1) is 25.7. The third kappa shape index (κ3) is 5.23. The normalized spacial score (nSPS) is 18.1. The highest BCUT2D eigenvalue weighted by molar-refractivity contribution is 7.90. The standard InChI is InChI=1S/C24H20Cl2N4O5S2/c25-16-4-3-5-17(26)23(16)37(34,35)29-20(24-27-18-6-1-2-7-19(18)28-24)12-14-8-10-15(11-9-14)21-13-22(31)30-36(21,32)33/h1-11,20-21,29H,12-13H2,(H,27,28)(H,30,31)/t20-,21?/m0/s1. The van der Waals surface area contributed by atoms with E-state index in [0.717, 1.165) is 5.52 Å². The molecule has 1 fully saturated rings. The summed E-state index contributed by atoms with van der Waals surface area (Å²) in [5, 5.41) is -1.01. The average molecular weight is 579 g/mol. The second-order valence-electron chi connectivity index (χ2n) is 8.57. The Kier molecular flexibility index (Phi) is 6.75. The summed E-state index contributed by atoms with van der Waals surface area (Å²) >= 11 is 12.4. The molecule has 1 saturated heterocycles. The number of hydrogen-bond donors (Lipinski definition) is 3. The van der Waals surface area contributed by atoms with Gasteiger partial charge in [0, 0.05) is 0 Å². The Morgan fingerprint density at radius 1 is 1.00 bits per heavy atom. The second kappa shape index (κ2) is 9.73. The fourth-order valence-corrected chi connectivity index (χ4v) is 8.04. The molecule has 192 valence electrons. The molecule has 37 heavy (non-hydrogen) atoms. The van der Waals surface area contributed by atoms with E-state index in [9.17, 15) is 21.6 Å². The molecule has 1 aliphatic heterocycles. The maximum atomic E-state index is 13.4. The molecule has 0 saturated carbocycles. The van der Waals surface area contributed by atoms with Gasteiger partial charge in [0.15, 0.2) is 0 Å². The molecule has 1 unspecified atom stereocenters. The van der Waals surface area contributed by atoms with Gasteiger partial charge in [0.2, 0.25) is 26.0 Å². The van der Waals surface area contributed by atoms with Crippen molar-refractivity contribution in [2.24, 2.45) is 0 Å². The van der Waals surface area contributed by atoms with Gasteiger partial charge in [-0.15, -0.1) is 0 Å². The summed E-state index contributed by atoms with van der Waals surface area (Å²) in [4.78, 5) is 19.1. The van der Waals surface area contributed by atoms with Crippen molar-refractivity contribution in [3.8, 4) is 0 Å². The average Bonchev–Trinajstić information content (AvgIpc) is 3.38. The van der Waals surface area contributed by atoms with Crippen LogP contribution in [0.5, 0.6) is 0 Å². The van der Waals surface area contributed by atoms with Crippen LogP contribution >= 0.6 is 23.2 Å². The Bertz CT molecular complexity index is 1670. The number of nitrogens with zero attached hydrogens (tertiary/aromatic N) is 1. The number of fused-ring (bicyclic) bond motifs is 1. The lowest BCUT2D eigenvalue weighted by molar-refractivity contribution is -0.118. The topological polar surface area (TPSA) is 138 Å². The van der Waals surface area contributed by atoms with Crippen LogP contribution in [0.4, 0.5) is 0 Å². The van der Waals surface area contributed by atoms with Crippen LogP contribution in [0, 0.1) is 0 Å². The smallest absolute Gasteiger partial charge is 0.244 e. The van der Waals surface area contributed by atoms with E-state index >= 15 is 0 Å². The van der Waals surface area contributed by atoms with Gasteiger partial charge in [0.05, 0.1) is 33.5 Å². The van der Waals surface area contributed by atoms with Crippen LogP contribution in [0.25, 0.3) is 11.0 Å². The SMILES string of the molecule is O=C1CC(c2ccc(C[C@H](NS(=O)(=O)c3c(Cl)cccc3Cl)c3nc4ccccc4[nH]3)cc2)S(=O)(=O)N1. The van der Waals surface area contributed by atoms with Crippen LogP contribution in [-0.4, -0.2) is 32.7 Å². The number of aromatic amines is 1. The number of sulfonamides is 2. The number of para-hydroxylation sites is 2. The maximum Gasteiger partial charge on any atom is 0.244 e. The van der Waals surface area contributed by atoms with Crippen molar-refractivity contribution in [3.05, 3.63) is 93.7 Å². The highest BCUT2D eigenvalue weighted by Crippen LogP contribution is 2.32. The lowest BCUT2D eigenvalue weighted by Crippen LogP contribution is -2.31. The number of hydrogen-bond acceptors (Lipinski definition) is 6. The summed E-state index contributed by atoms with van der Waals surface area (Å²) in [6.45, 7) is 0. The monoisotopic (exact) mass is 578 g/mol. The largest absolute Gasteiger partial charge is 0.341 e. The molecule has 3 N–H and O–H groups in total. The summed E-state index contributed by atoms with van der Waals surface area (Å²) in [5.74, 6) is -0.170. The number of benzene rings is 3. The quantitative estimate of drug-likeness (QED) is 0.302. The number of aromatic nitrogens is 2. The molecule has 0 bridgehead atoms. The number of halogens is 2. The summed E-state index contributed by atoms with van der Waals surface area (Å²) in [6.07, 6.45) is 0.0255. The van der Waals surface area contributed by atoms with Crippen molar-refractivity contribution in [1.82, 2.24) is 19.4 Å². The molecule has 9 nitrogen and oxygen atoms in total. The molecule has 1 aliphatic rings. The van der Waals surface area contributed by atoms with Crippen LogP contribution in [0.15, 0.2) is 71.6 Å². The van der Waals surface area contributed by atoms with Gasteiger partial charge in [0.1, 0.15) is 16.0 Å². The van der Waals surface area contributed by atoms with E-state index in [2.05, 4.69) is 14.7 Å². The minimum absolute atomic E-state index is 0.0198. The lowest BCUT2D eigenvalue weighted by atomic mass is 10.0. The molecule has 4 aromatic rings. The van der Waals surface area contributed by atoms with Crippen molar-refractivity contribution in [3.63, 3.8) is 0 Å². The van der Waals surface area contributed by atoms with Gasteiger partial charge < -0.3 is 4.98 Å². The number of amides is 1. The van der Waals surface area contributed by atoms with E-state index in [1.165, 1.54) is 12.1 Å². The van der Waals surface area contributed by atoms with E-state index in [0.29, 0.717) is 22.5 Å². The Hall–Kier alpha value is -2.96. The van der Waals surface area contributed by atoms with Gasteiger partial charge in [-0.05, 0) is 41.8 Å². The third-order valence-electron chi connectivity index (χ3n) is 6.02. The number of rotatable bonds is 7. The van der Waals surface area contributed by atoms with Crippen molar-refractivity contribution < 1.29 is 21.6 Å². The molecule has 2 heterocycles. The fraction of sp³-hybridized carbons (Fsp3) is 0.167. The van der Waals surface area contributed by atoms with Crippen LogP contribution in [0.3, 0.4) is 0 Å². The van der Waals surface area contributed by atoms with Crippen molar-refractivity contribution >= 4 is 60.2 Å². The van der Waals surface area contributed by atoms with Gasteiger partial charge in [-0.1, -0.05) is 65.7 Å². The third-order valence-corrected chi connectivity index (χ3v) is 10.1.